The summed E-state index contributed by atoms with van der Waals surface area (Å²) in [5, 5.41) is 1.02. The summed E-state index contributed by atoms with van der Waals surface area (Å²) in [6.07, 6.45) is 0. The monoisotopic (exact) mass is 501 g/mol. The van der Waals surface area contributed by atoms with Crippen molar-refractivity contribution in [1.82, 2.24) is 0 Å². The third-order valence-electron chi connectivity index (χ3n) is 5.90. The van der Waals surface area contributed by atoms with E-state index in [-0.39, 0.29) is 0 Å². The van der Waals surface area contributed by atoms with Gasteiger partial charge in [0.25, 0.3) is 0 Å². The molecular formula is C33H27NS2. The lowest BCUT2D eigenvalue weighted by atomic mass is 9.91. The Labute approximate surface area is 222 Å². The number of benzene rings is 5. The Morgan fingerprint density at radius 2 is 0.972 bits per heavy atom. The van der Waals surface area contributed by atoms with E-state index in [9.17, 15) is 0 Å². The van der Waals surface area contributed by atoms with E-state index in [0.29, 0.717) is 0 Å². The molecule has 0 atom stereocenters. The number of nitrogens with zero attached hydrogens (tertiary/aromatic N) is 1. The number of hydrogen-bond acceptors (Lipinski definition) is 3. The van der Waals surface area contributed by atoms with Crippen LogP contribution in [0.5, 0.6) is 0 Å². The molecule has 176 valence electrons. The fraction of sp³-hybridized carbons (Fsp3) is 0.0606. The Morgan fingerprint density at radius 3 is 1.47 bits per heavy atom. The average molecular weight is 502 g/mol. The van der Waals surface area contributed by atoms with Gasteiger partial charge in [-0.15, -0.1) is 11.8 Å². The quantitative estimate of drug-likeness (QED) is 0.125. The van der Waals surface area contributed by atoms with Crippen molar-refractivity contribution in [2.75, 3.05) is 0 Å². The molecule has 0 unspecified atom stereocenters. The smallest absolute Gasteiger partial charge is 0.119 e. The van der Waals surface area contributed by atoms with Crippen LogP contribution in [-0.2, 0) is 4.75 Å². The van der Waals surface area contributed by atoms with Gasteiger partial charge in [0.1, 0.15) is 9.79 Å². The summed E-state index contributed by atoms with van der Waals surface area (Å²) >= 11 is 3.57. The number of aliphatic imine (C=N–C) groups is 1. The molecular weight excluding hydrogens is 475 g/mol. The molecule has 0 amide bonds. The maximum Gasteiger partial charge on any atom is 0.119 e. The Balaban J connectivity index is 1.80. The average Bonchev–Trinajstić information content (AvgIpc) is 2.95. The molecule has 0 aliphatic heterocycles. The van der Waals surface area contributed by atoms with E-state index < -0.39 is 4.75 Å². The lowest BCUT2D eigenvalue weighted by Crippen LogP contribution is -2.32. The molecule has 5 aromatic carbocycles. The molecule has 0 aliphatic rings. The van der Waals surface area contributed by atoms with Gasteiger partial charge in [-0.2, -0.15) is 0 Å². The van der Waals surface area contributed by atoms with Crippen LogP contribution in [0.15, 0.2) is 160 Å². The maximum absolute atomic E-state index is 5.38. The van der Waals surface area contributed by atoms with Crippen molar-refractivity contribution in [3.63, 3.8) is 0 Å². The molecule has 0 aliphatic carbocycles. The molecule has 1 nitrogen and oxygen atoms in total. The van der Waals surface area contributed by atoms with Crippen molar-refractivity contribution in [1.29, 1.82) is 0 Å². The van der Waals surface area contributed by atoms with E-state index in [1.54, 1.807) is 11.8 Å². The SMILES string of the molecule is Cc1ccc(N=C(Sc2ccccc2)C(Sc2ccccc2)(c2ccccc2)c2ccccc2)cc1. The van der Waals surface area contributed by atoms with Crippen molar-refractivity contribution in [2.45, 2.75) is 21.5 Å². The number of aryl methyl sites for hydroxylation is 1. The summed E-state index contributed by atoms with van der Waals surface area (Å²) in [6, 6.07) is 51.2. The highest BCUT2D eigenvalue weighted by atomic mass is 32.2. The zero-order valence-electron chi connectivity index (χ0n) is 20.1. The van der Waals surface area contributed by atoms with E-state index in [1.807, 2.05) is 11.8 Å². The molecule has 5 rings (SSSR count). The van der Waals surface area contributed by atoms with E-state index in [1.165, 1.54) is 21.6 Å². The van der Waals surface area contributed by atoms with Crippen molar-refractivity contribution in [3.05, 3.63) is 162 Å². The van der Waals surface area contributed by atoms with Crippen molar-refractivity contribution >= 4 is 34.3 Å². The van der Waals surface area contributed by atoms with Crippen LogP contribution in [-0.4, -0.2) is 5.04 Å². The second-order valence-corrected chi connectivity index (χ2v) is 10.8. The molecule has 0 saturated heterocycles. The van der Waals surface area contributed by atoms with Gasteiger partial charge in [-0.1, -0.05) is 127 Å². The van der Waals surface area contributed by atoms with Crippen molar-refractivity contribution in [3.8, 4) is 0 Å². The molecule has 0 aromatic heterocycles. The van der Waals surface area contributed by atoms with Crippen LogP contribution >= 0.6 is 23.5 Å². The van der Waals surface area contributed by atoms with Gasteiger partial charge in [-0.25, -0.2) is 4.99 Å². The van der Waals surface area contributed by atoms with Crippen LogP contribution in [0.1, 0.15) is 16.7 Å². The van der Waals surface area contributed by atoms with Gasteiger partial charge in [0.15, 0.2) is 0 Å². The zero-order valence-corrected chi connectivity index (χ0v) is 21.8. The predicted octanol–water partition coefficient (Wildman–Crippen LogP) is 9.55. The first kappa shape index (κ1) is 24.2. The normalized spacial score (nSPS) is 11.9. The maximum atomic E-state index is 5.38. The molecule has 3 heteroatoms. The summed E-state index contributed by atoms with van der Waals surface area (Å²) in [5.41, 5.74) is 4.56. The molecule has 5 aromatic rings. The summed E-state index contributed by atoms with van der Waals surface area (Å²) in [5.74, 6) is 0. The lowest BCUT2D eigenvalue weighted by molar-refractivity contribution is 1.00. The highest BCUT2D eigenvalue weighted by molar-refractivity contribution is 8.16. The van der Waals surface area contributed by atoms with Crippen LogP contribution in [0, 0.1) is 6.92 Å². The molecule has 0 radical (unpaired) electrons. The Hall–Kier alpha value is -3.53. The van der Waals surface area contributed by atoms with Gasteiger partial charge in [0, 0.05) is 9.79 Å². The van der Waals surface area contributed by atoms with Crippen LogP contribution in [0.4, 0.5) is 5.69 Å². The van der Waals surface area contributed by atoms with Crippen molar-refractivity contribution in [2.24, 2.45) is 4.99 Å². The Morgan fingerprint density at radius 1 is 0.528 bits per heavy atom. The van der Waals surface area contributed by atoms with Crippen LogP contribution < -0.4 is 0 Å². The molecule has 0 heterocycles. The van der Waals surface area contributed by atoms with Gasteiger partial charge in [-0.3, -0.25) is 0 Å². The molecule has 36 heavy (non-hydrogen) atoms. The first-order valence-corrected chi connectivity index (χ1v) is 13.6. The van der Waals surface area contributed by atoms with Crippen LogP contribution in [0.2, 0.25) is 0 Å². The number of hydrogen-bond donors (Lipinski definition) is 0. The van der Waals surface area contributed by atoms with Gasteiger partial charge >= 0.3 is 0 Å². The third kappa shape index (κ3) is 5.48. The van der Waals surface area contributed by atoms with E-state index >= 15 is 0 Å². The van der Waals surface area contributed by atoms with Gasteiger partial charge in [0.05, 0.1) is 5.69 Å². The van der Waals surface area contributed by atoms with E-state index in [0.717, 1.165) is 15.6 Å². The second kappa shape index (κ2) is 11.5. The summed E-state index contributed by atoms with van der Waals surface area (Å²) in [6.45, 7) is 2.11. The largest absolute Gasteiger partial charge is 0.244 e. The van der Waals surface area contributed by atoms with Gasteiger partial charge in [0.2, 0.25) is 0 Å². The summed E-state index contributed by atoms with van der Waals surface area (Å²) in [4.78, 5) is 7.73. The topological polar surface area (TPSA) is 12.4 Å². The summed E-state index contributed by atoms with van der Waals surface area (Å²) < 4.78 is -0.560. The van der Waals surface area contributed by atoms with E-state index in [4.69, 9.17) is 4.99 Å². The fourth-order valence-corrected chi connectivity index (χ4v) is 6.68. The Kier molecular flexibility index (Phi) is 7.70. The highest BCUT2D eigenvalue weighted by Gasteiger charge is 2.42. The minimum atomic E-state index is -0.560. The van der Waals surface area contributed by atoms with Crippen LogP contribution in [0.3, 0.4) is 0 Å². The molecule has 0 saturated carbocycles. The summed E-state index contributed by atoms with van der Waals surface area (Å²) in [7, 11) is 0. The zero-order chi connectivity index (χ0) is 24.6. The van der Waals surface area contributed by atoms with Crippen LogP contribution in [0.25, 0.3) is 0 Å². The Bertz CT molecular complexity index is 1360. The molecule has 0 fully saturated rings. The van der Waals surface area contributed by atoms with Crippen molar-refractivity contribution < 1.29 is 0 Å². The number of rotatable bonds is 7. The molecule has 0 bridgehead atoms. The third-order valence-corrected chi connectivity index (χ3v) is 8.61. The molecule has 0 spiro atoms. The second-order valence-electron chi connectivity index (χ2n) is 8.50. The van der Waals surface area contributed by atoms with E-state index in [2.05, 4.69) is 153 Å². The highest BCUT2D eigenvalue weighted by Crippen LogP contribution is 2.52. The number of thioether (sulfide) groups is 2. The minimum Gasteiger partial charge on any atom is -0.244 e. The lowest BCUT2D eigenvalue weighted by Gasteiger charge is -2.35. The van der Waals surface area contributed by atoms with Gasteiger partial charge < -0.3 is 0 Å². The fourth-order valence-electron chi connectivity index (χ4n) is 4.10. The van der Waals surface area contributed by atoms with Gasteiger partial charge in [-0.05, 0) is 54.4 Å². The predicted molar refractivity (Wildman–Crippen MR) is 157 cm³/mol. The first-order valence-electron chi connectivity index (χ1n) is 12.0. The standard InChI is InChI=1S/C33H27NS2/c1-26-22-24-29(25-23-26)34-32(35-30-18-10-4-11-19-30)33(27-14-6-2-7-15-27,28-16-8-3-9-17-28)36-31-20-12-5-13-21-31/h2-25H,1H3. The first-order chi connectivity index (χ1) is 17.7. The minimum absolute atomic E-state index is 0.560. The molecule has 0 N–H and O–H groups in total.